The van der Waals surface area contributed by atoms with E-state index in [2.05, 4.69) is 13.8 Å². The Bertz CT molecular complexity index is 432. The van der Waals surface area contributed by atoms with Gasteiger partial charge in [-0.25, -0.2) is 4.79 Å². The van der Waals surface area contributed by atoms with Crippen LogP contribution in [0.25, 0.3) is 0 Å². The first-order valence-corrected chi connectivity index (χ1v) is 6.09. The molecule has 90 valence electrons. The van der Waals surface area contributed by atoms with E-state index in [1.54, 1.807) is 23.9 Å². The summed E-state index contributed by atoms with van der Waals surface area (Å²) in [5.74, 6) is -1.42. The maximum atomic E-state index is 11.5. The fourth-order valence-corrected chi connectivity index (χ4v) is 2.05. The summed E-state index contributed by atoms with van der Waals surface area (Å²) < 4.78 is 0. The smallest absolute Gasteiger partial charge is 0.328 e. The normalized spacial score (nSPS) is 11.0. The van der Waals surface area contributed by atoms with Gasteiger partial charge in [0, 0.05) is 21.8 Å². The van der Waals surface area contributed by atoms with Crippen molar-refractivity contribution >= 4 is 23.5 Å². The van der Waals surface area contributed by atoms with Gasteiger partial charge in [0.1, 0.15) is 0 Å². The molecule has 0 radical (unpaired) electrons. The number of aliphatic carboxylic acids is 1. The average molecular weight is 250 g/mol. The molecular formula is C13H14O3S. The SMILES string of the molecule is CC(C)Sc1ccc(C(=O)/C=C/C(=O)O)cc1. The van der Waals surface area contributed by atoms with Crippen LogP contribution in [0.15, 0.2) is 41.3 Å². The molecule has 1 aromatic rings. The molecule has 4 heteroatoms. The predicted octanol–water partition coefficient (Wildman–Crippen LogP) is 3.01. The summed E-state index contributed by atoms with van der Waals surface area (Å²) in [6, 6.07) is 7.15. The number of rotatable bonds is 5. The minimum absolute atomic E-state index is 0.298. The first-order chi connectivity index (χ1) is 7.99. The van der Waals surface area contributed by atoms with Crippen molar-refractivity contribution < 1.29 is 14.7 Å². The van der Waals surface area contributed by atoms with E-state index in [1.165, 1.54) is 0 Å². The van der Waals surface area contributed by atoms with Crippen LogP contribution in [0, 0.1) is 0 Å². The van der Waals surface area contributed by atoms with Gasteiger partial charge in [0.15, 0.2) is 5.78 Å². The Balaban J connectivity index is 2.73. The van der Waals surface area contributed by atoms with Crippen molar-refractivity contribution in [3.63, 3.8) is 0 Å². The second kappa shape index (κ2) is 6.25. The van der Waals surface area contributed by atoms with Crippen LogP contribution in [0.3, 0.4) is 0 Å². The third-order valence-corrected chi connectivity index (χ3v) is 2.90. The highest BCUT2D eigenvalue weighted by molar-refractivity contribution is 7.99. The molecule has 0 aromatic heterocycles. The Morgan fingerprint density at radius 2 is 1.76 bits per heavy atom. The van der Waals surface area contributed by atoms with Gasteiger partial charge in [-0.15, -0.1) is 11.8 Å². The molecule has 0 aliphatic carbocycles. The van der Waals surface area contributed by atoms with Gasteiger partial charge in [0.25, 0.3) is 0 Å². The predicted molar refractivity (Wildman–Crippen MR) is 68.5 cm³/mol. The quantitative estimate of drug-likeness (QED) is 0.496. The summed E-state index contributed by atoms with van der Waals surface area (Å²) in [6.07, 6.45) is 1.91. The van der Waals surface area contributed by atoms with Crippen molar-refractivity contribution in [2.45, 2.75) is 24.0 Å². The Morgan fingerprint density at radius 3 is 2.24 bits per heavy atom. The first-order valence-electron chi connectivity index (χ1n) is 5.21. The van der Waals surface area contributed by atoms with Crippen LogP contribution in [0.2, 0.25) is 0 Å². The van der Waals surface area contributed by atoms with Gasteiger partial charge >= 0.3 is 5.97 Å². The van der Waals surface area contributed by atoms with Crippen LogP contribution >= 0.6 is 11.8 Å². The van der Waals surface area contributed by atoms with Gasteiger partial charge in [-0.1, -0.05) is 13.8 Å². The lowest BCUT2D eigenvalue weighted by Gasteiger charge is -2.04. The molecule has 1 rings (SSSR count). The lowest BCUT2D eigenvalue weighted by Crippen LogP contribution is -1.96. The summed E-state index contributed by atoms with van der Waals surface area (Å²) in [5, 5.41) is 8.90. The van der Waals surface area contributed by atoms with Crippen molar-refractivity contribution in [3.8, 4) is 0 Å². The van der Waals surface area contributed by atoms with Gasteiger partial charge in [-0.2, -0.15) is 0 Å². The average Bonchev–Trinajstić information content (AvgIpc) is 2.26. The van der Waals surface area contributed by atoms with E-state index < -0.39 is 5.97 Å². The number of carbonyl (C=O) groups excluding carboxylic acids is 1. The second-order valence-electron chi connectivity index (χ2n) is 3.73. The molecule has 3 nitrogen and oxygen atoms in total. The number of hydrogen-bond donors (Lipinski definition) is 1. The molecule has 0 bridgehead atoms. The van der Waals surface area contributed by atoms with Crippen LogP contribution in [-0.4, -0.2) is 22.1 Å². The second-order valence-corrected chi connectivity index (χ2v) is 5.38. The zero-order valence-corrected chi connectivity index (χ0v) is 10.5. The van der Waals surface area contributed by atoms with E-state index in [-0.39, 0.29) is 5.78 Å². The third kappa shape index (κ3) is 4.87. The van der Waals surface area contributed by atoms with Crippen LogP contribution in [0.4, 0.5) is 0 Å². The zero-order chi connectivity index (χ0) is 12.8. The lowest BCUT2D eigenvalue weighted by molar-refractivity contribution is -0.131. The van der Waals surface area contributed by atoms with Gasteiger partial charge in [0.05, 0.1) is 0 Å². The van der Waals surface area contributed by atoms with E-state index in [0.29, 0.717) is 10.8 Å². The minimum atomic E-state index is -1.12. The van der Waals surface area contributed by atoms with Crippen LogP contribution < -0.4 is 0 Å². The number of carbonyl (C=O) groups is 2. The Labute approximate surface area is 105 Å². The van der Waals surface area contributed by atoms with Crippen molar-refractivity contribution in [1.29, 1.82) is 0 Å². The topological polar surface area (TPSA) is 54.4 Å². The van der Waals surface area contributed by atoms with E-state index in [0.717, 1.165) is 17.0 Å². The fourth-order valence-electron chi connectivity index (χ4n) is 1.21. The molecule has 1 N–H and O–H groups in total. The first kappa shape index (κ1) is 13.5. The highest BCUT2D eigenvalue weighted by Gasteiger charge is 2.03. The number of thioether (sulfide) groups is 1. The standard InChI is InChI=1S/C13H14O3S/c1-9(2)17-11-5-3-10(4-6-11)12(14)7-8-13(15)16/h3-9H,1-2H3,(H,15,16)/b8-7+. The Kier molecular flexibility index (Phi) is 4.97. The minimum Gasteiger partial charge on any atom is -0.478 e. The molecule has 0 saturated carbocycles. The summed E-state index contributed by atoms with van der Waals surface area (Å²) in [7, 11) is 0. The zero-order valence-electron chi connectivity index (χ0n) is 9.71. The summed E-state index contributed by atoms with van der Waals surface area (Å²) in [6.45, 7) is 4.19. The number of ketones is 1. The molecule has 0 aliphatic rings. The van der Waals surface area contributed by atoms with Crippen molar-refractivity contribution in [2.24, 2.45) is 0 Å². The molecule has 0 fully saturated rings. The monoisotopic (exact) mass is 250 g/mol. The van der Waals surface area contributed by atoms with Gasteiger partial charge in [0.2, 0.25) is 0 Å². The van der Waals surface area contributed by atoms with Crippen LogP contribution in [-0.2, 0) is 4.79 Å². The van der Waals surface area contributed by atoms with Crippen molar-refractivity contribution in [3.05, 3.63) is 42.0 Å². The molecule has 0 saturated heterocycles. The van der Waals surface area contributed by atoms with Gasteiger partial charge < -0.3 is 5.11 Å². The number of benzene rings is 1. The van der Waals surface area contributed by atoms with E-state index in [9.17, 15) is 9.59 Å². The molecule has 0 heterocycles. The third-order valence-electron chi connectivity index (χ3n) is 1.89. The van der Waals surface area contributed by atoms with Crippen LogP contribution in [0.5, 0.6) is 0 Å². The lowest BCUT2D eigenvalue weighted by atomic mass is 10.1. The number of hydrogen-bond acceptors (Lipinski definition) is 3. The molecule has 1 aromatic carbocycles. The van der Waals surface area contributed by atoms with E-state index >= 15 is 0 Å². The Morgan fingerprint density at radius 1 is 1.18 bits per heavy atom. The maximum absolute atomic E-state index is 11.5. The molecule has 0 atom stereocenters. The number of carboxylic acid groups (broad SMARTS) is 1. The highest BCUT2D eigenvalue weighted by Crippen LogP contribution is 2.22. The molecule has 0 unspecified atom stereocenters. The summed E-state index contributed by atoms with van der Waals surface area (Å²) >= 11 is 1.71. The molecule has 0 spiro atoms. The van der Waals surface area contributed by atoms with Crippen molar-refractivity contribution in [2.75, 3.05) is 0 Å². The Hall–Kier alpha value is -1.55. The largest absolute Gasteiger partial charge is 0.478 e. The van der Waals surface area contributed by atoms with E-state index in [1.807, 2.05) is 12.1 Å². The maximum Gasteiger partial charge on any atom is 0.328 e. The fraction of sp³-hybridized carbons (Fsp3) is 0.231. The molecule has 0 amide bonds. The van der Waals surface area contributed by atoms with Crippen molar-refractivity contribution in [1.82, 2.24) is 0 Å². The molecule has 17 heavy (non-hydrogen) atoms. The molecular weight excluding hydrogens is 236 g/mol. The molecule has 0 aliphatic heterocycles. The van der Waals surface area contributed by atoms with Crippen LogP contribution in [0.1, 0.15) is 24.2 Å². The summed E-state index contributed by atoms with van der Waals surface area (Å²) in [5.41, 5.74) is 0.496. The highest BCUT2D eigenvalue weighted by atomic mass is 32.2. The summed E-state index contributed by atoms with van der Waals surface area (Å²) in [4.78, 5) is 22.9. The number of allylic oxidation sites excluding steroid dienone is 1. The van der Waals surface area contributed by atoms with Gasteiger partial charge in [-0.3, -0.25) is 4.79 Å². The van der Waals surface area contributed by atoms with E-state index in [4.69, 9.17) is 5.11 Å². The van der Waals surface area contributed by atoms with Gasteiger partial charge in [-0.05, 0) is 30.3 Å². The number of carboxylic acids is 1.